The second-order valence-corrected chi connectivity index (χ2v) is 6.89. The van der Waals surface area contributed by atoms with Crippen LogP contribution in [0.3, 0.4) is 0 Å². The summed E-state index contributed by atoms with van der Waals surface area (Å²) >= 11 is 0. The van der Waals surface area contributed by atoms with Crippen molar-refractivity contribution in [2.75, 3.05) is 0 Å². The predicted octanol–water partition coefficient (Wildman–Crippen LogP) is 1.21. The number of fused-ring (bicyclic) bond motifs is 1. The van der Waals surface area contributed by atoms with Gasteiger partial charge in [0.15, 0.2) is 11.5 Å². The lowest BCUT2D eigenvalue weighted by Gasteiger charge is -2.05. The molecule has 1 N–H and O–H groups in total. The molecule has 9 heteroatoms. The minimum atomic E-state index is -3.77. The van der Waals surface area contributed by atoms with Crippen molar-refractivity contribution in [1.82, 2.24) is 14.3 Å². The molecule has 0 aliphatic heterocycles. The van der Waals surface area contributed by atoms with Crippen LogP contribution in [0, 0.1) is 13.8 Å². The van der Waals surface area contributed by atoms with Gasteiger partial charge in [0.05, 0.1) is 22.7 Å². The minimum Gasteiger partial charge on any atom is -0.444 e. The summed E-state index contributed by atoms with van der Waals surface area (Å²) in [6.07, 6.45) is 0. The molecule has 3 aromatic rings. The Labute approximate surface area is 131 Å². The third-order valence-corrected chi connectivity index (χ3v) is 4.90. The van der Waals surface area contributed by atoms with Gasteiger partial charge in [0, 0.05) is 20.0 Å². The fraction of sp³-hybridized carbons (Fsp3) is 0.286. The summed E-state index contributed by atoms with van der Waals surface area (Å²) in [6, 6.07) is 4.26. The van der Waals surface area contributed by atoms with E-state index in [1.165, 1.54) is 22.8 Å². The number of hydrogen-bond donors (Lipinski definition) is 1. The van der Waals surface area contributed by atoms with Crippen molar-refractivity contribution >= 4 is 21.1 Å². The van der Waals surface area contributed by atoms with E-state index in [4.69, 9.17) is 8.83 Å². The van der Waals surface area contributed by atoms with E-state index in [0.717, 1.165) is 0 Å². The first-order chi connectivity index (χ1) is 10.8. The van der Waals surface area contributed by atoms with E-state index in [1.54, 1.807) is 20.9 Å². The van der Waals surface area contributed by atoms with Crippen LogP contribution >= 0.6 is 0 Å². The Hall–Kier alpha value is -2.39. The molecule has 0 saturated carbocycles. The van der Waals surface area contributed by atoms with Gasteiger partial charge in [-0.25, -0.2) is 22.9 Å². The number of sulfonamides is 1. The lowest BCUT2D eigenvalue weighted by Crippen LogP contribution is -2.23. The van der Waals surface area contributed by atoms with Gasteiger partial charge in [-0.2, -0.15) is 0 Å². The highest BCUT2D eigenvalue weighted by Gasteiger charge is 2.18. The number of aromatic nitrogens is 2. The van der Waals surface area contributed by atoms with E-state index < -0.39 is 15.8 Å². The Morgan fingerprint density at radius 1 is 1.26 bits per heavy atom. The number of nitrogens with one attached hydrogen (secondary N) is 1. The lowest BCUT2D eigenvalue weighted by molar-refractivity contribution is 0.466. The summed E-state index contributed by atoms with van der Waals surface area (Å²) in [4.78, 5) is 15.6. The van der Waals surface area contributed by atoms with E-state index in [9.17, 15) is 13.2 Å². The van der Waals surface area contributed by atoms with Crippen molar-refractivity contribution in [2.45, 2.75) is 25.3 Å². The van der Waals surface area contributed by atoms with Crippen LogP contribution in [0.1, 0.15) is 17.3 Å². The van der Waals surface area contributed by atoms with Gasteiger partial charge in [-0.15, -0.1) is 0 Å². The van der Waals surface area contributed by atoms with Gasteiger partial charge in [-0.1, -0.05) is 0 Å². The molecule has 0 atom stereocenters. The van der Waals surface area contributed by atoms with Gasteiger partial charge in [0.1, 0.15) is 5.76 Å². The summed E-state index contributed by atoms with van der Waals surface area (Å²) in [5.41, 5.74) is 1.37. The molecule has 0 radical (unpaired) electrons. The normalized spacial score (nSPS) is 12.1. The van der Waals surface area contributed by atoms with Gasteiger partial charge in [-0.05, 0) is 19.1 Å². The Balaban J connectivity index is 1.90. The zero-order valence-corrected chi connectivity index (χ0v) is 13.6. The first-order valence-electron chi connectivity index (χ1n) is 6.80. The van der Waals surface area contributed by atoms with E-state index in [2.05, 4.69) is 9.71 Å². The zero-order valence-electron chi connectivity index (χ0n) is 12.8. The summed E-state index contributed by atoms with van der Waals surface area (Å²) < 4.78 is 38.8. The second kappa shape index (κ2) is 5.36. The number of rotatable bonds is 4. The van der Waals surface area contributed by atoms with Crippen molar-refractivity contribution in [3.8, 4) is 0 Å². The van der Waals surface area contributed by atoms with Gasteiger partial charge in [-0.3, -0.25) is 4.57 Å². The molecule has 0 bridgehead atoms. The van der Waals surface area contributed by atoms with Crippen molar-refractivity contribution in [2.24, 2.45) is 7.05 Å². The molecule has 0 saturated heterocycles. The fourth-order valence-electron chi connectivity index (χ4n) is 2.26. The van der Waals surface area contributed by atoms with E-state index in [0.29, 0.717) is 22.9 Å². The third kappa shape index (κ3) is 2.80. The molecule has 0 aliphatic rings. The van der Waals surface area contributed by atoms with Gasteiger partial charge >= 0.3 is 5.76 Å². The van der Waals surface area contributed by atoms with Crippen molar-refractivity contribution in [3.63, 3.8) is 0 Å². The average molecular weight is 337 g/mol. The van der Waals surface area contributed by atoms with E-state index >= 15 is 0 Å². The molecule has 0 fully saturated rings. The summed E-state index contributed by atoms with van der Waals surface area (Å²) in [6.45, 7) is 3.42. The van der Waals surface area contributed by atoms with Crippen LogP contribution in [0.15, 0.2) is 36.7 Å². The van der Waals surface area contributed by atoms with Crippen LogP contribution in [0.4, 0.5) is 0 Å². The SMILES string of the molecule is Cc1nc(C)c(CNS(=O)(=O)c2ccc3c(c2)oc(=O)n3C)o1. The summed E-state index contributed by atoms with van der Waals surface area (Å²) in [5, 5.41) is 0. The molecule has 3 rings (SSSR count). The Bertz CT molecular complexity index is 1040. The van der Waals surface area contributed by atoms with E-state index in [-0.39, 0.29) is 17.0 Å². The molecular weight excluding hydrogens is 322 g/mol. The number of benzene rings is 1. The molecule has 122 valence electrons. The maximum atomic E-state index is 12.4. The number of hydrogen-bond acceptors (Lipinski definition) is 6. The topological polar surface area (TPSA) is 107 Å². The largest absolute Gasteiger partial charge is 0.444 e. The molecule has 8 nitrogen and oxygen atoms in total. The molecule has 0 unspecified atom stereocenters. The van der Waals surface area contributed by atoms with Crippen LogP contribution in [0.25, 0.3) is 11.1 Å². The highest BCUT2D eigenvalue weighted by molar-refractivity contribution is 7.89. The van der Waals surface area contributed by atoms with Crippen LogP contribution < -0.4 is 10.5 Å². The smallest absolute Gasteiger partial charge is 0.419 e. The average Bonchev–Trinajstić information content (AvgIpc) is 2.96. The quantitative estimate of drug-likeness (QED) is 0.767. The number of oxazole rings is 2. The first-order valence-corrected chi connectivity index (χ1v) is 8.28. The molecule has 0 aliphatic carbocycles. The fourth-order valence-corrected chi connectivity index (χ4v) is 3.26. The highest BCUT2D eigenvalue weighted by Crippen LogP contribution is 2.18. The third-order valence-electron chi connectivity index (χ3n) is 3.50. The van der Waals surface area contributed by atoms with Crippen LogP contribution in [-0.2, 0) is 23.6 Å². The molecule has 0 amide bonds. The monoisotopic (exact) mass is 337 g/mol. The number of aryl methyl sites for hydroxylation is 3. The molecule has 0 spiro atoms. The molecule has 1 aromatic carbocycles. The van der Waals surface area contributed by atoms with Crippen LogP contribution in [-0.4, -0.2) is 18.0 Å². The van der Waals surface area contributed by atoms with Gasteiger partial charge in [0.2, 0.25) is 10.0 Å². The van der Waals surface area contributed by atoms with Crippen molar-refractivity contribution in [1.29, 1.82) is 0 Å². The summed E-state index contributed by atoms with van der Waals surface area (Å²) in [7, 11) is -2.22. The summed E-state index contributed by atoms with van der Waals surface area (Å²) in [5.74, 6) is 0.387. The Morgan fingerprint density at radius 3 is 2.65 bits per heavy atom. The molecule has 2 heterocycles. The number of nitrogens with zero attached hydrogens (tertiary/aromatic N) is 2. The van der Waals surface area contributed by atoms with Gasteiger partial charge in [0.25, 0.3) is 0 Å². The lowest BCUT2D eigenvalue weighted by atomic mass is 10.3. The van der Waals surface area contributed by atoms with Crippen molar-refractivity contribution in [3.05, 3.63) is 46.1 Å². The minimum absolute atomic E-state index is 0.00763. The van der Waals surface area contributed by atoms with Crippen molar-refractivity contribution < 1.29 is 17.3 Å². The van der Waals surface area contributed by atoms with Gasteiger partial charge < -0.3 is 8.83 Å². The molecular formula is C14H15N3O5S. The van der Waals surface area contributed by atoms with Crippen LogP contribution in [0.5, 0.6) is 0 Å². The maximum absolute atomic E-state index is 12.4. The molecule has 23 heavy (non-hydrogen) atoms. The maximum Gasteiger partial charge on any atom is 0.419 e. The standard InChI is InChI=1S/C14H15N3O5S/c1-8-13(21-9(2)16-8)7-15-23(19,20)10-4-5-11-12(6-10)22-14(18)17(11)3/h4-6,15H,7H2,1-3H3. The second-order valence-electron chi connectivity index (χ2n) is 5.12. The Kier molecular flexibility index (Phi) is 3.61. The molecule has 2 aromatic heterocycles. The Morgan fingerprint density at radius 2 is 2.00 bits per heavy atom. The highest BCUT2D eigenvalue weighted by atomic mass is 32.2. The first kappa shape index (κ1) is 15.5. The van der Waals surface area contributed by atoms with Crippen LogP contribution in [0.2, 0.25) is 0 Å². The zero-order chi connectivity index (χ0) is 16.8. The van der Waals surface area contributed by atoms with E-state index in [1.807, 2.05) is 0 Å². The predicted molar refractivity (Wildman–Crippen MR) is 81.5 cm³/mol.